The topological polar surface area (TPSA) is 41.6 Å². The smallest absolute Gasteiger partial charge is 0.200 e. The molecule has 25 heavy (non-hydrogen) atoms. The predicted octanol–water partition coefficient (Wildman–Crippen LogP) is 5.55. The number of halogens is 2. The lowest BCUT2D eigenvalue weighted by Crippen LogP contribution is -2.34. The van der Waals surface area contributed by atoms with Crippen molar-refractivity contribution < 1.29 is 0 Å². The maximum Gasteiger partial charge on any atom is 0.200 e. The number of guanidine groups is 1. The summed E-state index contributed by atoms with van der Waals surface area (Å²) in [5.41, 5.74) is 11.0. The predicted molar refractivity (Wildman–Crippen MR) is 113 cm³/mol. The molecule has 126 valence electrons. The summed E-state index contributed by atoms with van der Waals surface area (Å²) in [6.07, 6.45) is 2.13. The summed E-state index contributed by atoms with van der Waals surface area (Å²) < 4.78 is 1.89. The minimum Gasteiger partial charge on any atom is -0.369 e. The van der Waals surface area contributed by atoms with Gasteiger partial charge >= 0.3 is 0 Å². The highest BCUT2D eigenvalue weighted by Crippen LogP contribution is 2.37. The first-order chi connectivity index (χ1) is 12.0. The van der Waals surface area contributed by atoms with Gasteiger partial charge in [0.15, 0.2) is 0 Å². The van der Waals surface area contributed by atoms with E-state index >= 15 is 0 Å². The highest BCUT2D eigenvalue weighted by molar-refractivity contribution is 9.11. The van der Waals surface area contributed by atoms with Crippen molar-refractivity contribution in [2.24, 2.45) is 10.7 Å². The third-order valence-corrected chi connectivity index (χ3v) is 5.87. The van der Waals surface area contributed by atoms with Crippen LogP contribution in [0.5, 0.6) is 0 Å². The Bertz CT molecular complexity index is 1010. The van der Waals surface area contributed by atoms with E-state index in [9.17, 15) is 0 Å². The molecule has 0 spiro atoms. The van der Waals surface area contributed by atoms with Gasteiger partial charge in [0.2, 0.25) is 5.96 Å². The lowest BCUT2D eigenvalue weighted by atomic mass is 10.0. The fraction of sp³-hybridized carbons (Fsp3) is 0.150. The maximum atomic E-state index is 6.32. The molecule has 4 rings (SSSR count). The molecule has 0 fully saturated rings. The molecule has 0 saturated carbocycles. The van der Waals surface area contributed by atoms with E-state index < -0.39 is 0 Å². The van der Waals surface area contributed by atoms with Crippen molar-refractivity contribution in [2.45, 2.75) is 12.8 Å². The third-order valence-electron chi connectivity index (χ3n) is 4.71. The summed E-state index contributed by atoms with van der Waals surface area (Å²) >= 11 is 7.01. The molecule has 3 aromatic rings. The van der Waals surface area contributed by atoms with Crippen LogP contribution in [0.2, 0.25) is 0 Å². The Morgan fingerprint density at radius 2 is 1.92 bits per heavy atom. The van der Waals surface area contributed by atoms with Crippen molar-refractivity contribution in [2.75, 3.05) is 11.9 Å². The first-order valence-electron chi connectivity index (χ1n) is 8.11. The van der Waals surface area contributed by atoms with Gasteiger partial charge < -0.3 is 10.6 Å². The molecule has 1 aliphatic rings. The third kappa shape index (κ3) is 2.96. The summed E-state index contributed by atoms with van der Waals surface area (Å²) in [7, 11) is 1.98. The fourth-order valence-corrected chi connectivity index (χ4v) is 4.14. The molecule has 5 heteroatoms. The van der Waals surface area contributed by atoms with Gasteiger partial charge in [0.1, 0.15) is 0 Å². The zero-order valence-corrected chi connectivity index (χ0v) is 16.9. The molecule has 2 N–H and O–H groups in total. The number of anilines is 1. The van der Waals surface area contributed by atoms with Gasteiger partial charge in [0.05, 0.1) is 5.69 Å². The molecule has 3 nitrogen and oxygen atoms in total. The van der Waals surface area contributed by atoms with E-state index in [4.69, 9.17) is 5.73 Å². The van der Waals surface area contributed by atoms with Crippen LogP contribution in [0.25, 0.3) is 10.8 Å². The van der Waals surface area contributed by atoms with Crippen LogP contribution < -0.4 is 10.6 Å². The van der Waals surface area contributed by atoms with E-state index in [0.717, 1.165) is 33.2 Å². The van der Waals surface area contributed by atoms with Crippen molar-refractivity contribution in [1.82, 2.24) is 0 Å². The van der Waals surface area contributed by atoms with E-state index in [0.29, 0.717) is 5.96 Å². The van der Waals surface area contributed by atoms with Crippen molar-refractivity contribution in [3.63, 3.8) is 0 Å². The number of aliphatic imine (C=N–C) groups is 1. The molecule has 0 atom stereocenters. The lowest BCUT2D eigenvalue weighted by molar-refractivity contribution is 1.02. The zero-order valence-electron chi connectivity index (χ0n) is 13.8. The van der Waals surface area contributed by atoms with E-state index in [1.165, 1.54) is 21.9 Å². The Labute approximate surface area is 163 Å². The van der Waals surface area contributed by atoms with Gasteiger partial charge in [-0.3, -0.25) is 0 Å². The largest absolute Gasteiger partial charge is 0.369 e. The van der Waals surface area contributed by atoms with Crippen molar-refractivity contribution >= 4 is 60.0 Å². The molecular weight excluding hydrogens is 442 g/mol. The van der Waals surface area contributed by atoms with Gasteiger partial charge in [-0.25, -0.2) is 4.99 Å². The van der Waals surface area contributed by atoms with Gasteiger partial charge in [-0.2, -0.15) is 0 Å². The lowest BCUT2D eigenvalue weighted by Gasteiger charge is -2.21. The summed E-state index contributed by atoms with van der Waals surface area (Å²) in [6, 6.07) is 16.7. The maximum absolute atomic E-state index is 6.32. The van der Waals surface area contributed by atoms with Crippen LogP contribution in [0.1, 0.15) is 11.1 Å². The average molecular weight is 459 g/mol. The zero-order chi connectivity index (χ0) is 17.6. The first-order valence-corrected chi connectivity index (χ1v) is 9.69. The van der Waals surface area contributed by atoms with Crippen LogP contribution in [0.4, 0.5) is 11.4 Å². The van der Waals surface area contributed by atoms with Crippen molar-refractivity contribution in [1.29, 1.82) is 0 Å². The second-order valence-corrected chi connectivity index (χ2v) is 7.97. The molecule has 0 amide bonds. The SMILES string of the molecule is CN(C(N)=Nc1cc(Br)ccc1Br)c1ccc2cccc3c2c1CC3. The van der Waals surface area contributed by atoms with Crippen LogP contribution in [0.15, 0.2) is 62.5 Å². The summed E-state index contributed by atoms with van der Waals surface area (Å²) in [4.78, 5) is 6.59. The fourth-order valence-electron chi connectivity index (χ4n) is 3.45. The Kier molecular flexibility index (Phi) is 4.29. The molecule has 0 aliphatic heterocycles. The molecule has 0 aromatic heterocycles. The Hall–Kier alpha value is -1.85. The van der Waals surface area contributed by atoms with Crippen LogP contribution >= 0.6 is 31.9 Å². The summed E-state index contributed by atoms with van der Waals surface area (Å²) in [5.74, 6) is 0.471. The Morgan fingerprint density at radius 1 is 1.08 bits per heavy atom. The van der Waals surface area contributed by atoms with E-state index in [-0.39, 0.29) is 0 Å². The molecule has 0 unspecified atom stereocenters. The average Bonchev–Trinajstić information content (AvgIpc) is 3.04. The monoisotopic (exact) mass is 457 g/mol. The van der Waals surface area contributed by atoms with Gasteiger partial charge in [-0.1, -0.05) is 40.2 Å². The van der Waals surface area contributed by atoms with Gasteiger partial charge in [0.25, 0.3) is 0 Å². The molecule has 3 aromatic carbocycles. The number of benzene rings is 3. The normalized spacial score (nSPS) is 13.5. The van der Waals surface area contributed by atoms with Crippen LogP contribution in [0, 0.1) is 0 Å². The summed E-state index contributed by atoms with van der Waals surface area (Å²) in [6.45, 7) is 0. The molecule has 1 aliphatic carbocycles. The van der Waals surface area contributed by atoms with E-state index in [2.05, 4.69) is 67.2 Å². The Balaban J connectivity index is 1.77. The molecule has 0 heterocycles. The minimum absolute atomic E-state index is 0.471. The molecule has 0 bridgehead atoms. The van der Waals surface area contributed by atoms with Gasteiger partial charge in [0, 0.05) is 21.7 Å². The van der Waals surface area contributed by atoms with Crippen LogP contribution in [0.3, 0.4) is 0 Å². The second kappa shape index (κ2) is 6.46. The molecular formula is C20H17Br2N3. The van der Waals surface area contributed by atoms with Gasteiger partial charge in [-0.05, 0) is 74.9 Å². The quantitative estimate of drug-likeness (QED) is 0.404. The highest BCUT2D eigenvalue weighted by Gasteiger charge is 2.20. The second-order valence-electron chi connectivity index (χ2n) is 6.20. The first kappa shape index (κ1) is 16.6. The number of nitrogens with two attached hydrogens (primary N) is 1. The standard InChI is InChI=1S/C20H17Br2N3/c1-25(20(23)24-17-11-14(21)7-9-16(17)22)18-10-6-13-4-2-3-12-5-8-15(18)19(12)13/h2-4,6-7,9-11H,5,8H2,1H3,(H2,23,24). The van der Waals surface area contributed by atoms with E-state index in [1.54, 1.807) is 0 Å². The van der Waals surface area contributed by atoms with Gasteiger partial charge in [-0.15, -0.1) is 0 Å². The van der Waals surface area contributed by atoms with E-state index in [1.807, 2.05) is 30.1 Å². The van der Waals surface area contributed by atoms with Crippen molar-refractivity contribution in [3.8, 4) is 0 Å². The number of rotatable bonds is 2. The van der Waals surface area contributed by atoms with Crippen molar-refractivity contribution in [3.05, 3.63) is 68.6 Å². The number of hydrogen-bond acceptors (Lipinski definition) is 1. The van der Waals surface area contributed by atoms with Crippen LogP contribution in [-0.4, -0.2) is 13.0 Å². The number of aryl methyl sites for hydroxylation is 2. The molecule has 0 saturated heterocycles. The molecule has 0 radical (unpaired) electrons. The minimum atomic E-state index is 0.471. The Morgan fingerprint density at radius 3 is 2.76 bits per heavy atom. The highest BCUT2D eigenvalue weighted by atomic mass is 79.9. The number of nitrogens with zero attached hydrogens (tertiary/aromatic N) is 2. The van der Waals surface area contributed by atoms with Crippen LogP contribution in [-0.2, 0) is 12.8 Å². The number of hydrogen-bond donors (Lipinski definition) is 1. The summed E-state index contributed by atoms with van der Waals surface area (Å²) in [5, 5.41) is 2.68.